The summed E-state index contributed by atoms with van der Waals surface area (Å²) in [6.45, 7) is 7.71. The van der Waals surface area contributed by atoms with E-state index in [9.17, 15) is 14.4 Å². The SMILES string of the molecule is CCCN(CCc1cccs1)[C@H]1CCc2c(cccc2OC(=O)CNC(=O)C(C)CC(C)C(=O)NC)C1. The molecule has 1 aliphatic carbocycles. The van der Waals surface area contributed by atoms with Crippen LogP contribution in [-0.4, -0.2) is 55.4 Å². The molecular weight excluding hydrogens is 486 g/mol. The number of amides is 2. The molecule has 0 spiro atoms. The highest BCUT2D eigenvalue weighted by molar-refractivity contribution is 7.09. The van der Waals surface area contributed by atoms with Crippen molar-refractivity contribution in [1.29, 1.82) is 0 Å². The second-order valence-electron chi connectivity index (χ2n) is 10.00. The maximum atomic E-state index is 12.5. The number of hydrogen-bond donors (Lipinski definition) is 2. The molecular formula is C29H41N3O4S. The number of fused-ring (bicyclic) bond motifs is 1. The number of carbonyl (C=O) groups excluding carboxylic acids is 3. The molecule has 0 bridgehead atoms. The van der Waals surface area contributed by atoms with Gasteiger partial charge in [0.25, 0.3) is 0 Å². The van der Waals surface area contributed by atoms with Crippen LogP contribution in [-0.2, 0) is 33.6 Å². The minimum Gasteiger partial charge on any atom is -0.425 e. The fraction of sp³-hybridized carbons (Fsp3) is 0.552. The molecule has 1 aromatic heterocycles. The van der Waals surface area contributed by atoms with Crippen molar-refractivity contribution < 1.29 is 19.1 Å². The molecule has 37 heavy (non-hydrogen) atoms. The molecule has 1 heterocycles. The molecule has 0 aliphatic heterocycles. The van der Waals surface area contributed by atoms with E-state index in [0.29, 0.717) is 18.2 Å². The van der Waals surface area contributed by atoms with Crippen LogP contribution in [0, 0.1) is 11.8 Å². The molecule has 3 atom stereocenters. The van der Waals surface area contributed by atoms with E-state index in [2.05, 4.69) is 46.0 Å². The van der Waals surface area contributed by atoms with Gasteiger partial charge in [-0.1, -0.05) is 39.0 Å². The topological polar surface area (TPSA) is 87.7 Å². The summed E-state index contributed by atoms with van der Waals surface area (Å²) in [7, 11) is 1.58. The fourth-order valence-corrected chi connectivity index (χ4v) is 5.81. The molecule has 0 fully saturated rings. The van der Waals surface area contributed by atoms with Gasteiger partial charge in [0.1, 0.15) is 12.3 Å². The van der Waals surface area contributed by atoms with Crippen LogP contribution in [0.25, 0.3) is 0 Å². The van der Waals surface area contributed by atoms with Gasteiger partial charge in [-0.3, -0.25) is 14.5 Å². The van der Waals surface area contributed by atoms with Crippen molar-refractivity contribution in [3.05, 3.63) is 51.7 Å². The Hall–Kier alpha value is -2.71. The van der Waals surface area contributed by atoms with E-state index in [0.717, 1.165) is 50.8 Å². The lowest BCUT2D eigenvalue weighted by atomic mass is 9.86. The summed E-state index contributed by atoms with van der Waals surface area (Å²) in [5.41, 5.74) is 2.33. The van der Waals surface area contributed by atoms with Gasteiger partial charge in [-0.2, -0.15) is 0 Å². The summed E-state index contributed by atoms with van der Waals surface area (Å²) >= 11 is 1.82. The molecule has 2 unspecified atom stereocenters. The summed E-state index contributed by atoms with van der Waals surface area (Å²) in [6.07, 6.45) is 5.46. The smallest absolute Gasteiger partial charge is 0.330 e. The molecule has 0 radical (unpaired) electrons. The van der Waals surface area contributed by atoms with Gasteiger partial charge >= 0.3 is 5.97 Å². The zero-order chi connectivity index (χ0) is 26.8. The van der Waals surface area contributed by atoms with Gasteiger partial charge in [-0.05, 0) is 73.7 Å². The summed E-state index contributed by atoms with van der Waals surface area (Å²) in [5, 5.41) is 7.38. The molecule has 2 N–H and O–H groups in total. The van der Waals surface area contributed by atoms with Crippen molar-refractivity contribution in [3.8, 4) is 5.75 Å². The van der Waals surface area contributed by atoms with Gasteiger partial charge < -0.3 is 15.4 Å². The van der Waals surface area contributed by atoms with Crippen LogP contribution in [0.1, 0.15) is 56.0 Å². The van der Waals surface area contributed by atoms with Crippen LogP contribution in [0.15, 0.2) is 35.7 Å². The van der Waals surface area contributed by atoms with Crippen LogP contribution in [0.3, 0.4) is 0 Å². The molecule has 0 saturated carbocycles. The minimum atomic E-state index is -0.487. The second kappa shape index (κ2) is 14.3. The van der Waals surface area contributed by atoms with Gasteiger partial charge in [-0.15, -0.1) is 11.3 Å². The number of hydrogen-bond acceptors (Lipinski definition) is 6. The Morgan fingerprint density at radius 2 is 1.89 bits per heavy atom. The number of nitrogens with one attached hydrogen (secondary N) is 2. The van der Waals surface area contributed by atoms with Gasteiger partial charge in [0.2, 0.25) is 11.8 Å². The largest absolute Gasteiger partial charge is 0.425 e. The van der Waals surface area contributed by atoms with Crippen LogP contribution in [0.2, 0.25) is 0 Å². The zero-order valence-corrected chi connectivity index (χ0v) is 23.4. The average Bonchev–Trinajstić information content (AvgIpc) is 3.42. The minimum absolute atomic E-state index is 0.101. The Labute approximate surface area is 225 Å². The van der Waals surface area contributed by atoms with Crippen LogP contribution >= 0.6 is 11.3 Å². The molecule has 0 saturated heterocycles. The Kier molecular flexibility index (Phi) is 11.1. The van der Waals surface area contributed by atoms with E-state index in [1.54, 1.807) is 20.9 Å². The number of benzene rings is 1. The van der Waals surface area contributed by atoms with Crippen molar-refractivity contribution >= 4 is 29.1 Å². The van der Waals surface area contributed by atoms with Crippen molar-refractivity contribution in [3.63, 3.8) is 0 Å². The van der Waals surface area contributed by atoms with E-state index >= 15 is 0 Å². The van der Waals surface area contributed by atoms with E-state index in [-0.39, 0.29) is 30.2 Å². The van der Waals surface area contributed by atoms with E-state index < -0.39 is 5.97 Å². The highest BCUT2D eigenvalue weighted by Crippen LogP contribution is 2.32. The molecule has 2 aromatic rings. The normalized spacial score (nSPS) is 16.5. The first-order valence-electron chi connectivity index (χ1n) is 13.4. The number of nitrogens with zero attached hydrogens (tertiary/aromatic N) is 1. The van der Waals surface area contributed by atoms with E-state index in [1.165, 1.54) is 10.4 Å². The number of ether oxygens (including phenoxy) is 1. The number of carbonyl (C=O) groups is 3. The number of rotatable bonds is 13. The molecule has 2 amide bonds. The standard InChI is InChI=1S/C29H41N3O4S/c1-5-14-32(15-13-24-9-7-16-37-24)23-11-12-25-22(18-23)8-6-10-26(25)36-27(33)19-31-29(35)21(3)17-20(2)28(34)30-4/h6-10,16,20-21,23H,5,11-15,17-19H2,1-4H3,(H,30,34)(H,31,35)/t20?,21?,23-/m0/s1. The van der Waals surface area contributed by atoms with Crippen molar-refractivity contribution in [2.45, 2.75) is 65.3 Å². The third-order valence-corrected chi connectivity index (χ3v) is 8.08. The van der Waals surface area contributed by atoms with Gasteiger partial charge in [0.05, 0.1) is 0 Å². The summed E-state index contributed by atoms with van der Waals surface area (Å²) in [6, 6.07) is 10.7. The number of thiophene rings is 1. The van der Waals surface area contributed by atoms with Gasteiger partial charge in [-0.25, -0.2) is 4.79 Å². The molecule has 1 aliphatic rings. The third-order valence-electron chi connectivity index (χ3n) is 7.15. The summed E-state index contributed by atoms with van der Waals surface area (Å²) < 4.78 is 5.69. The van der Waals surface area contributed by atoms with Crippen LogP contribution in [0.4, 0.5) is 0 Å². The molecule has 8 heteroatoms. The quantitative estimate of drug-likeness (QED) is 0.304. The summed E-state index contributed by atoms with van der Waals surface area (Å²) in [4.78, 5) is 40.7. The lowest BCUT2D eigenvalue weighted by Gasteiger charge is -2.35. The molecule has 1 aromatic carbocycles. The third kappa shape index (κ3) is 8.40. The Balaban J connectivity index is 1.54. The maximum Gasteiger partial charge on any atom is 0.330 e. The fourth-order valence-electron chi connectivity index (χ4n) is 5.12. The zero-order valence-electron chi connectivity index (χ0n) is 22.5. The Morgan fingerprint density at radius 3 is 2.59 bits per heavy atom. The summed E-state index contributed by atoms with van der Waals surface area (Å²) in [5.74, 6) is -0.913. The Morgan fingerprint density at radius 1 is 1.11 bits per heavy atom. The van der Waals surface area contributed by atoms with E-state index in [1.807, 2.05) is 23.5 Å². The monoisotopic (exact) mass is 527 g/mol. The first-order valence-corrected chi connectivity index (χ1v) is 14.3. The second-order valence-corrected chi connectivity index (χ2v) is 11.0. The van der Waals surface area contributed by atoms with Gasteiger partial charge in [0.15, 0.2) is 0 Å². The lowest BCUT2D eigenvalue weighted by molar-refractivity contribution is -0.136. The number of esters is 1. The maximum absolute atomic E-state index is 12.5. The Bertz CT molecular complexity index is 1040. The van der Waals surface area contributed by atoms with Crippen molar-refractivity contribution in [1.82, 2.24) is 15.5 Å². The first kappa shape index (κ1) is 28.9. The lowest BCUT2D eigenvalue weighted by Crippen LogP contribution is -2.41. The highest BCUT2D eigenvalue weighted by Gasteiger charge is 2.27. The van der Waals surface area contributed by atoms with Crippen molar-refractivity contribution in [2.24, 2.45) is 11.8 Å². The molecule has 7 nitrogen and oxygen atoms in total. The average molecular weight is 528 g/mol. The van der Waals surface area contributed by atoms with E-state index in [4.69, 9.17) is 4.74 Å². The highest BCUT2D eigenvalue weighted by atomic mass is 32.1. The van der Waals surface area contributed by atoms with Crippen LogP contribution < -0.4 is 15.4 Å². The predicted molar refractivity (Wildman–Crippen MR) is 148 cm³/mol. The van der Waals surface area contributed by atoms with Crippen LogP contribution in [0.5, 0.6) is 5.75 Å². The van der Waals surface area contributed by atoms with Crippen molar-refractivity contribution in [2.75, 3.05) is 26.7 Å². The molecule has 3 rings (SSSR count). The first-order chi connectivity index (χ1) is 17.8. The van der Waals surface area contributed by atoms with Gasteiger partial charge in [0, 0.05) is 36.3 Å². The predicted octanol–water partition coefficient (Wildman–Crippen LogP) is 3.99. The molecule has 202 valence electrons.